The highest BCUT2D eigenvalue weighted by molar-refractivity contribution is 5.79. The fourth-order valence-corrected chi connectivity index (χ4v) is 2.66. The van der Waals surface area contributed by atoms with Crippen LogP contribution in [0.1, 0.15) is 25.3 Å². The highest BCUT2D eigenvalue weighted by Crippen LogP contribution is 2.22. The molecule has 1 aliphatic rings. The summed E-state index contributed by atoms with van der Waals surface area (Å²) in [5.74, 6) is 0.748. The Balaban J connectivity index is 2.02. The molecular formula is C15H22N2O2. The minimum absolute atomic E-state index is 0.122. The van der Waals surface area contributed by atoms with Crippen molar-refractivity contribution in [3.63, 3.8) is 0 Å². The minimum atomic E-state index is 0.122. The van der Waals surface area contributed by atoms with Crippen LogP contribution in [0.3, 0.4) is 0 Å². The van der Waals surface area contributed by atoms with Crippen molar-refractivity contribution in [2.45, 2.75) is 32.2 Å². The first-order chi connectivity index (χ1) is 9.10. The Labute approximate surface area is 114 Å². The molecule has 1 saturated heterocycles. The summed E-state index contributed by atoms with van der Waals surface area (Å²) >= 11 is 0. The lowest BCUT2D eigenvalue weighted by atomic mass is 9.93. The standard InChI is InChI=1S/C15H22N2O2/c1-11-5-6-13(9-16)10-17(11)15(19)8-12-3-2-4-14(18)7-12/h2-4,7,11,13,18H,5-6,8-10,16H2,1H3. The number of likely N-dealkylation sites (tertiary alicyclic amines) is 1. The van der Waals surface area contributed by atoms with Gasteiger partial charge in [0.25, 0.3) is 0 Å². The molecule has 2 atom stereocenters. The molecule has 2 unspecified atom stereocenters. The zero-order valence-electron chi connectivity index (χ0n) is 11.4. The molecule has 19 heavy (non-hydrogen) atoms. The van der Waals surface area contributed by atoms with Crippen LogP contribution in [0.25, 0.3) is 0 Å². The van der Waals surface area contributed by atoms with E-state index in [2.05, 4.69) is 6.92 Å². The summed E-state index contributed by atoms with van der Waals surface area (Å²) in [5, 5.41) is 9.43. The molecule has 1 heterocycles. The fourth-order valence-electron chi connectivity index (χ4n) is 2.66. The molecule has 0 bridgehead atoms. The molecule has 104 valence electrons. The van der Waals surface area contributed by atoms with Crippen LogP contribution < -0.4 is 5.73 Å². The zero-order valence-corrected chi connectivity index (χ0v) is 11.4. The number of amides is 1. The van der Waals surface area contributed by atoms with Crippen molar-refractivity contribution < 1.29 is 9.90 Å². The number of nitrogens with zero attached hydrogens (tertiary/aromatic N) is 1. The summed E-state index contributed by atoms with van der Waals surface area (Å²) in [6.45, 7) is 3.49. The highest BCUT2D eigenvalue weighted by atomic mass is 16.3. The molecule has 1 amide bonds. The average molecular weight is 262 g/mol. The monoisotopic (exact) mass is 262 g/mol. The summed E-state index contributed by atoms with van der Waals surface area (Å²) < 4.78 is 0. The Hall–Kier alpha value is -1.55. The number of hydrogen-bond donors (Lipinski definition) is 2. The van der Waals surface area contributed by atoms with Gasteiger partial charge < -0.3 is 15.7 Å². The Morgan fingerprint density at radius 3 is 2.95 bits per heavy atom. The van der Waals surface area contributed by atoms with E-state index in [0.29, 0.717) is 18.9 Å². The van der Waals surface area contributed by atoms with Crippen molar-refractivity contribution in [3.8, 4) is 5.75 Å². The van der Waals surface area contributed by atoms with Crippen molar-refractivity contribution >= 4 is 5.91 Å². The molecule has 1 aromatic carbocycles. The summed E-state index contributed by atoms with van der Waals surface area (Å²) in [7, 11) is 0. The number of piperidine rings is 1. The van der Waals surface area contributed by atoms with Crippen molar-refractivity contribution in [1.29, 1.82) is 0 Å². The van der Waals surface area contributed by atoms with E-state index in [1.165, 1.54) is 0 Å². The number of carbonyl (C=O) groups is 1. The maximum Gasteiger partial charge on any atom is 0.227 e. The molecule has 3 N–H and O–H groups in total. The molecule has 2 rings (SSSR count). The highest BCUT2D eigenvalue weighted by Gasteiger charge is 2.28. The maximum atomic E-state index is 12.4. The third kappa shape index (κ3) is 3.47. The predicted octanol–water partition coefficient (Wildman–Crippen LogP) is 1.52. The molecule has 0 aromatic heterocycles. The van der Waals surface area contributed by atoms with Gasteiger partial charge in [0.15, 0.2) is 0 Å². The smallest absolute Gasteiger partial charge is 0.227 e. The van der Waals surface area contributed by atoms with Crippen LogP contribution in [0.5, 0.6) is 5.75 Å². The largest absolute Gasteiger partial charge is 0.508 e. The lowest BCUT2D eigenvalue weighted by Gasteiger charge is -2.37. The van der Waals surface area contributed by atoms with Crippen molar-refractivity contribution in [2.75, 3.05) is 13.1 Å². The molecule has 4 heteroatoms. The van der Waals surface area contributed by atoms with E-state index in [9.17, 15) is 9.90 Å². The number of phenols is 1. The molecule has 0 radical (unpaired) electrons. The van der Waals surface area contributed by atoms with Gasteiger partial charge in [-0.15, -0.1) is 0 Å². The Kier molecular flexibility index (Phi) is 4.43. The third-order valence-electron chi connectivity index (χ3n) is 3.90. The SMILES string of the molecule is CC1CCC(CN)CN1C(=O)Cc1cccc(O)c1. The molecule has 1 fully saturated rings. The van der Waals surface area contributed by atoms with E-state index < -0.39 is 0 Å². The number of hydrogen-bond acceptors (Lipinski definition) is 3. The van der Waals surface area contributed by atoms with E-state index in [-0.39, 0.29) is 17.7 Å². The van der Waals surface area contributed by atoms with Gasteiger partial charge in [-0.3, -0.25) is 4.79 Å². The Bertz CT molecular complexity index is 448. The lowest BCUT2D eigenvalue weighted by Crippen LogP contribution is -2.47. The minimum Gasteiger partial charge on any atom is -0.508 e. The van der Waals surface area contributed by atoms with Crippen molar-refractivity contribution in [3.05, 3.63) is 29.8 Å². The van der Waals surface area contributed by atoms with E-state index in [0.717, 1.165) is 24.9 Å². The van der Waals surface area contributed by atoms with Crippen molar-refractivity contribution in [2.24, 2.45) is 11.7 Å². The first-order valence-corrected chi connectivity index (χ1v) is 6.87. The molecule has 0 spiro atoms. The second kappa shape index (κ2) is 6.06. The van der Waals surface area contributed by atoms with Gasteiger partial charge in [-0.1, -0.05) is 12.1 Å². The van der Waals surface area contributed by atoms with E-state index >= 15 is 0 Å². The molecule has 1 aromatic rings. The number of phenolic OH excluding ortho intramolecular Hbond substituents is 1. The third-order valence-corrected chi connectivity index (χ3v) is 3.90. The van der Waals surface area contributed by atoms with E-state index in [1.807, 2.05) is 11.0 Å². The van der Waals surface area contributed by atoms with Gasteiger partial charge in [-0.05, 0) is 49.9 Å². The van der Waals surface area contributed by atoms with Crippen LogP contribution in [-0.4, -0.2) is 35.0 Å². The summed E-state index contributed by atoms with van der Waals surface area (Å²) in [6.07, 6.45) is 2.47. The van der Waals surface area contributed by atoms with Gasteiger partial charge >= 0.3 is 0 Å². The number of rotatable bonds is 3. The quantitative estimate of drug-likeness (QED) is 0.868. The predicted molar refractivity (Wildman–Crippen MR) is 74.8 cm³/mol. The first-order valence-electron chi connectivity index (χ1n) is 6.87. The number of nitrogens with two attached hydrogens (primary N) is 1. The number of benzene rings is 1. The number of aromatic hydroxyl groups is 1. The zero-order chi connectivity index (χ0) is 13.8. The van der Waals surface area contributed by atoms with Crippen LogP contribution in [0.2, 0.25) is 0 Å². The fraction of sp³-hybridized carbons (Fsp3) is 0.533. The summed E-state index contributed by atoms with van der Waals surface area (Å²) in [5.41, 5.74) is 6.57. The average Bonchev–Trinajstić information content (AvgIpc) is 2.39. The topological polar surface area (TPSA) is 66.6 Å². The van der Waals surface area contributed by atoms with Gasteiger partial charge in [0.2, 0.25) is 5.91 Å². The second-order valence-corrected chi connectivity index (χ2v) is 5.42. The van der Waals surface area contributed by atoms with Crippen LogP contribution in [-0.2, 0) is 11.2 Å². The van der Waals surface area contributed by atoms with Crippen LogP contribution in [0, 0.1) is 5.92 Å². The Morgan fingerprint density at radius 1 is 1.47 bits per heavy atom. The van der Waals surface area contributed by atoms with Gasteiger partial charge in [0.05, 0.1) is 6.42 Å². The van der Waals surface area contributed by atoms with Crippen LogP contribution >= 0.6 is 0 Å². The first kappa shape index (κ1) is 13.9. The molecular weight excluding hydrogens is 240 g/mol. The van der Waals surface area contributed by atoms with E-state index in [4.69, 9.17) is 5.73 Å². The molecule has 4 nitrogen and oxygen atoms in total. The van der Waals surface area contributed by atoms with Gasteiger partial charge in [-0.25, -0.2) is 0 Å². The van der Waals surface area contributed by atoms with Crippen molar-refractivity contribution in [1.82, 2.24) is 4.90 Å². The second-order valence-electron chi connectivity index (χ2n) is 5.42. The van der Waals surface area contributed by atoms with Gasteiger partial charge in [0, 0.05) is 12.6 Å². The van der Waals surface area contributed by atoms with Gasteiger partial charge in [0.1, 0.15) is 5.75 Å². The van der Waals surface area contributed by atoms with Crippen LogP contribution in [0.4, 0.5) is 0 Å². The normalized spacial score (nSPS) is 23.4. The van der Waals surface area contributed by atoms with Crippen LogP contribution in [0.15, 0.2) is 24.3 Å². The molecule has 0 aliphatic carbocycles. The summed E-state index contributed by atoms with van der Waals surface area (Å²) in [4.78, 5) is 14.3. The van der Waals surface area contributed by atoms with Gasteiger partial charge in [-0.2, -0.15) is 0 Å². The number of carbonyl (C=O) groups excluding carboxylic acids is 1. The Morgan fingerprint density at radius 2 is 2.26 bits per heavy atom. The molecule has 1 aliphatic heterocycles. The lowest BCUT2D eigenvalue weighted by molar-refractivity contribution is -0.134. The maximum absolute atomic E-state index is 12.4. The summed E-state index contributed by atoms with van der Waals surface area (Å²) in [6, 6.07) is 7.18. The molecule has 0 saturated carbocycles. The van der Waals surface area contributed by atoms with E-state index in [1.54, 1.807) is 18.2 Å².